The van der Waals surface area contributed by atoms with Crippen LogP contribution < -0.4 is 0 Å². The fourth-order valence-electron chi connectivity index (χ4n) is 2.85. The number of allylic oxidation sites excluding steroid dienone is 1. The second-order valence-corrected chi connectivity index (χ2v) is 4.96. The Morgan fingerprint density at radius 1 is 1.17 bits per heavy atom. The van der Waals surface area contributed by atoms with Crippen LogP contribution >= 0.6 is 0 Å². The number of carbonyl (C=O) groups is 1. The average Bonchev–Trinajstić information content (AvgIpc) is 2.77. The molecule has 0 spiro atoms. The van der Waals surface area contributed by atoms with Gasteiger partial charge in [0.05, 0.1) is 24.2 Å². The van der Waals surface area contributed by atoms with E-state index in [1.807, 2.05) is 44.2 Å². The number of esters is 1. The Kier molecular flexibility index (Phi) is 2.62. The third kappa shape index (κ3) is 1.62. The highest BCUT2D eigenvalue weighted by atomic mass is 16.5. The topological polar surface area (TPSA) is 35.5 Å². The molecule has 3 heteroatoms. The van der Waals surface area contributed by atoms with E-state index in [1.165, 1.54) is 0 Å². The van der Waals surface area contributed by atoms with Gasteiger partial charge in [0.25, 0.3) is 0 Å². The largest absolute Gasteiger partial charge is 0.490 e. The Hall–Kier alpha value is -1.77. The first-order valence-electron chi connectivity index (χ1n) is 6.24. The lowest BCUT2D eigenvalue weighted by Gasteiger charge is -2.33. The smallest absolute Gasteiger partial charge is 0.313 e. The Morgan fingerprint density at radius 3 is 2.61 bits per heavy atom. The van der Waals surface area contributed by atoms with Gasteiger partial charge in [-0.1, -0.05) is 30.3 Å². The summed E-state index contributed by atoms with van der Waals surface area (Å²) < 4.78 is 11.2. The number of carbonyl (C=O) groups excluding carboxylic acids is 1. The fourth-order valence-corrected chi connectivity index (χ4v) is 2.85. The van der Waals surface area contributed by atoms with E-state index in [4.69, 9.17) is 9.47 Å². The highest BCUT2D eigenvalue weighted by Crippen LogP contribution is 2.45. The second-order valence-electron chi connectivity index (χ2n) is 4.96. The molecule has 0 unspecified atom stereocenters. The third-order valence-corrected chi connectivity index (χ3v) is 3.94. The van der Waals surface area contributed by atoms with Crippen LogP contribution in [0.25, 0.3) is 0 Å². The predicted molar refractivity (Wildman–Crippen MR) is 66.6 cm³/mol. The van der Waals surface area contributed by atoms with Crippen LogP contribution in [0.3, 0.4) is 0 Å². The van der Waals surface area contributed by atoms with Gasteiger partial charge in [-0.15, -0.1) is 0 Å². The Balaban J connectivity index is 2.01. The van der Waals surface area contributed by atoms with Crippen molar-refractivity contribution >= 4 is 5.97 Å². The fraction of sp³-hybridized carbons (Fsp3) is 0.400. The number of hydrogen-bond donors (Lipinski definition) is 0. The quantitative estimate of drug-likeness (QED) is 0.713. The normalized spacial score (nSPS) is 30.8. The van der Waals surface area contributed by atoms with Crippen molar-refractivity contribution in [2.75, 3.05) is 6.61 Å². The van der Waals surface area contributed by atoms with E-state index < -0.39 is 0 Å². The van der Waals surface area contributed by atoms with Crippen LogP contribution in [0.1, 0.15) is 25.5 Å². The zero-order valence-electron chi connectivity index (χ0n) is 10.6. The van der Waals surface area contributed by atoms with Crippen molar-refractivity contribution in [3.63, 3.8) is 0 Å². The highest BCUT2D eigenvalue weighted by Gasteiger charge is 2.47. The maximum atomic E-state index is 11.8. The molecule has 3 nitrogen and oxygen atoms in total. The number of fused-ring (bicyclic) bond motifs is 1. The molecule has 18 heavy (non-hydrogen) atoms. The predicted octanol–water partition coefficient (Wildman–Crippen LogP) is 2.84. The number of ether oxygens (including phenoxy) is 2. The molecule has 0 saturated carbocycles. The van der Waals surface area contributed by atoms with E-state index in [0.717, 1.165) is 16.9 Å². The number of hydrogen-bond acceptors (Lipinski definition) is 3. The molecule has 3 atom stereocenters. The van der Waals surface area contributed by atoms with Crippen molar-refractivity contribution < 1.29 is 14.3 Å². The van der Waals surface area contributed by atoms with Crippen molar-refractivity contribution in [2.45, 2.75) is 20.0 Å². The van der Waals surface area contributed by atoms with E-state index in [2.05, 4.69) is 0 Å². The van der Waals surface area contributed by atoms with Gasteiger partial charge in [-0.2, -0.15) is 0 Å². The van der Waals surface area contributed by atoms with E-state index >= 15 is 0 Å². The minimum atomic E-state index is -0.135. The molecule has 1 aromatic carbocycles. The van der Waals surface area contributed by atoms with Gasteiger partial charge in [0, 0.05) is 0 Å². The molecular formula is C15H16O3. The van der Waals surface area contributed by atoms with Crippen LogP contribution in [0.5, 0.6) is 0 Å². The van der Waals surface area contributed by atoms with Gasteiger partial charge in [0.1, 0.15) is 6.10 Å². The molecule has 0 N–H and O–H groups in total. The maximum absolute atomic E-state index is 11.8. The molecule has 1 fully saturated rings. The first-order chi connectivity index (χ1) is 8.68. The van der Waals surface area contributed by atoms with Crippen LogP contribution in [-0.2, 0) is 14.3 Å². The Bertz CT molecular complexity index is 504. The molecule has 0 aliphatic carbocycles. The lowest BCUT2D eigenvalue weighted by atomic mass is 9.80. The maximum Gasteiger partial charge on any atom is 0.313 e. The standard InChI is InChI=1S/C15H16O3/c1-9-10(2)18-14(11-6-4-3-5-7-11)12-8-17-15(16)13(9)12/h3-7,12-14H,8H2,1-2H3/t12-,13-,14+/m1/s1. The van der Waals surface area contributed by atoms with Crippen molar-refractivity contribution in [3.8, 4) is 0 Å². The zero-order chi connectivity index (χ0) is 12.7. The lowest BCUT2D eigenvalue weighted by molar-refractivity contribution is -0.140. The van der Waals surface area contributed by atoms with Crippen LogP contribution in [0.15, 0.2) is 41.7 Å². The lowest BCUT2D eigenvalue weighted by Crippen LogP contribution is -2.30. The molecule has 3 rings (SSSR count). The molecule has 1 aromatic rings. The van der Waals surface area contributed by atoms with Gasteiger partial charge in [-0.25, -0.2) is 0 Å². The van der Waals surface area contributed by atoms with Crippen molar-refractivity contribution in [3.05, 3.63) is 47.2 Å². The van der Waals surface area contributed by atoms with Gasteiger partial charge in [-0.3, -0.25) is 4.79 Å². The van der Waals surface area contributed by atoms with Crippen LogP contribution in [0.2, 0.25) is 0 Å². The first-order valence-corrected chi connectivity index (χ1v) is 6.24. The second kappa shape index (κ2) is 4.16. The SMILES string of the molecule is CC1=C(C)[C@H]2C(=O)OC[C@H]2[C@H](c2ccccc2)O1. The van der Waals surface area contributed by atoms with E-state index in [0.29, 0.717) is 6.61 Å². The van der Waals surface area contributed by atoms with Gasteiger partial charge in [0.15, 0.2) is 0 Å². The van der Waals surface area contributed by atoms with Gasteiger partial charge >= 0.3 is 5.97 Å². The summed E-state index contributed by atoms with van der Waals surface area (Å²) >= 11 is 0. The summed E-state index contributed by atoms with van der Waals surface area (Å²) in [7, 11) is 0. The van der Waals surface area contributed by atoms with Gasteiger partial charge < -0.3 is 9.47 Å². The minimum absolute atomic E-state index is 0.0775. The summed E-state index contributed by atoms with van der Waals surface area (Å²) in [6.45, 7) is 4.33. The molecule has 2 heterocycles. The molecule has 0 bridgehead atoms. The monoisotopic (exact) mass is 244 g/mol. The van der Waals surface area contributed by atoms with Gasteiger partial charge in [0.2, 0.25) is 0 Å². The van der Waals surface area contributed by atoms with E-state index in [-0.39, 0.29) is 23.9 Å². The molecule has 0 aromatic heterocycles. The van der Waals surface area contributed by atoms with E-state index in [9.17, 15) is 4.79 Å². The average molecular weight is 244 g/mol. The molecule has 0 amide bonds. The summed E-state index contributed by atoms with van der Waals surface area (Å²) in [5.74, 6) is 0.706. The summed E-state index contributed by atoms with van der Waals surface area (Å²) in [5, 5.41) is 0. The van der Waals surface area contributed by atoms with Crippen molar-refractivity contribution in [1.29, 1.82) is 0 Å². The summed E-state index contributed by atoms with van der Waals surface area (Å²) in [6, 6.07) is 10.0. The Labute approximate surface area is 106 Å². The number of benzene rings is 1. The molecular weight excluding hydrogens is 228 g/mol. The summed E-state index contributed by atoms with van der Waals surface area (Å²) in [4.78, 5) is 11.8. The van der Waals surface area contributed by atoms with Crippen LogP contribution in [0.4, 0.5) is 0 Å². The van der Waals surface area contributed by atoms with Crippen LogP contribution in [-0.4, -0.2) is 12.6 Å². The highest BCUT2D eigenvalue weighted by molar-refractivity contribution is 5.78. The minimum Gasteiger partial charge on any atom is -0.490 e. The molecule has 2 aliphatic heterocycles. The zero-order valence-corrected chi connectivity index (χ0v) is 10.6. The number of cyclic esters (lactones) is 1. The van der Waals surface area contributed by atoms with Crippen LogP contribution in [0, 0.1) is 11.8 Å². The third-order valence-electron chi connectivity index (χ3n) is 3.94. The van der Waals surface area contributed by atoms with Crippen molar-refractivity contribution in [2.24, 2.45) is 11.8 Å². The molecule has 2 aliphatic rings. The van der Waals surface area contributed by atoms with Gasteiger partial charge in [-0.05, 0) is 25.0 Å². The summed E-state index contributed by atoms with van der Waals surface area (Å²) in [6.07, 6.45) is -0.0775. The van der Waals surface area contributed by atoms with Crippen molar-refractivity contribution in [1.82, 2.24) is 0 Å². The number of rotatable bonds is 1. The Morgan fingerprint density at radius 2 is 1.89 bits per heavy atom. The molecule has 0 radical (unpaired) electrons. The molecule has 94 valence electrons. The molecule has 1 saturated heterocycles. The van der Waals surface area contributed by atoms with E-state index in [1.54, 1.807) is 0 Å². The summed E-state index contributed by atoms with van der Waals surface area (Å²) in [5.41, 5.74) is 2.12. The first kappa shape index (κ1) is 11.3.